The summed E-state index contributed by atoms with van der Waals surface area (Å²) < 4.78 is 5.69. The average molecular weight is 438 g/mol. The number of amides is 2. The van der Waals surface area contributed by atoms with Gasteiger partial charge in [-0.15, -0.1) is 0 Å². The van der Waals surface area contributed by atoms with E-state index in [2.05, 4.69) is 17.3 Å². The van der Waals surface area contributed by atoms with E-state index in [1.54, 1.807) is 18.2 Å². The zero-order chi connectivity index (χ0) is 21.5. The molecule has 6 rings (SSSR count). The molecule has 2 aromatic rings. The van der Waals surface area contributed by atoms with E-state index in [-0.39, 0.29) is 51.6 Å². The molecule has 2 bridgehead atoms. The highest BCUT2D eigenvalue weighted by Crippen LogP contribution is 2.73. The highest BCUT2D eigenvalue weighted by Gasteiger charge is 2.73. The molecule has 0 unspecified atom stereocenters. The molecular weight excluding hydrogens is 422 g/mol. The molecule has 0 radical (unpaired) electrons. The zero-order valence-electron chi connectivity index (χ0n) is 16.1. The molecule has 1 aromatic heterocycles. The fraction of sp³-hybridized carbons (Fsp3) is 0.318. The molecule has 4 atom stereocenters. The number of halogens is 1. The van der Waals surface area contributed by atoms with Crippen LogP contribution in [0.1, 0.15) is 18.6 Å². The van der Waals surface area contributed by atoms with Crippen LogP contribution in [0.2, 0.25) is 5.02 Å². The van der Waals surface area contributed by atoms with Crippen molar-refractivity contribution in [3.8, 4) is 11.3 Å². The second-order valence-electron chi connectivity index (χ2n) is 8.58. The van der Waals surface area contributed by atoms with Gasteiger partial charge in [-0.2, -0.15) is 10.1 Å². The molecular formula is C22H16ClN3O5. The van der Waals surface area contributed by atoms with Crippen LogP contribution in [-0.4, -0.2) is 28.0 Å². The lowest BCUT2D eigenvalue weighted by Gasteiger charge is -2.18. The van der Waals surface area contributed by atoms with E-state index in [9.17, 15) is 19.7 Å². The summed E-state index contributed by atoms with van der Waals surface area (Å²) >= 11 is 5.85. The summed E-state index contributed by atoms with van der Waals surface area (Å²) in [6, 6.07) is 7.63. The SMILES string of the molecule is O=C1[C@@H]2[C@@H](C(=O)N1/N=C\c1ccc(-c3ccc(Cl)c([N+](=O)[O-])c3)o1)[C@H]1C=C[C@H]2C12CC2. The predicted molar refractivity (Wildman–Crippen MR) is 110 cm³/mol. The van der Waals surface area contributed by atoms with Crippen LogP contribution in [0.15, 0.2) is 52.0 Å². The number of rotatable bonds is 4. The fourth-order valence-electron chi connectivity index (χ4n) is 5.67. The average Bonchev–Trinajstić information content (AvgIpc) is 3.03. The third kappa shape index (κ3) is 2.45. The van der Waals surface area contributed by atoms with Crippen molar-refractivity contribution in [3.63, 3.8) is 0 Å². The number of carbonyl (C=O) groups excluding carboxylic acids is 2. The van der Waals surface area contributed by atoms with E-state index in [1.165, 1.54) is 18.3 Å². The Labute approximate surface area is 181 Å². The molecule has 3 fully saturated rings. The monoisotopic (exact) mass is 437 g/mol. The number of nitrogens with zero attached hydrogens (tertiary/aromatic N) is 3. The standard InChI is InChI=1S/C22H16ClN3O5/c23-15-5-1-11(9-16(15)26(29)30)17-6-2-12(31-17)10-24-25-20(27)18-13-3-4-14(19(18)21(25)28)22(13)7-8-22/h1-6,9-10,13-14,18-19H,7-8H2/b24-10-/t13-,14-,18+,19+/m1/s1. The molecule has 9 heteroatoms. The number of imide groups is 1. The number of hydrogen-bond donors (Lipinski definition) is 0. The highest BCUT2D eigenvalue weighted by molar-refractivity contribution is 6.32. The van der Waals surface area contributed by atoms with Crippen LogP contribution >= 0.6 is 11.6 Å². The third-order valence-corrected chi connectivity index (χ3v) is 7.50. The topological polar surface area (TPSA) is 106 Å². The van der Waals surface area contributed by atoms with Crippen LogP contribution in [0.3, 0.4) is 0 Å². The number of benzene rings is 1. The normalized spacial score (nSPS) is 29.5. The lowest BCUT2D eigenvalue weighted by molar-refractivity contribution is -0.384. The minimum Gasteiger partial charge on any atom is -0.455 e. The quantitative estimate of drug-likeness (QED) is 0.236. The Kier molecular flexibility index (Phi) is 3.66. The second-order valence-corrected chi connectivity index (χ2v) is 8.99. The van der Waals surface area contributed by atoms with Gasteiger partial charge >= 0.3 is 0 Å². The second kappa shape index (κ2) is 6.13. The van der Waals surface area contributed by atoms with E-state index in [0.717, 1.165) is 17.9 Å². The van der Waals surface area contributed by atoms with Gasteiger partial charge in [-0.1, -0.05) is 23.8 Å². The molecule has 4 aliphatic rings. The molecule has 1 aromatic carbocycles. The number of nitro benzene ring substituents is 1. The van der Waals surface area contributed by atoms with Gasteiger partial charge in [-0.05, 0) is 54.4 Å². The number of hydrazone groups is 1. The summed E-state index contributed by atoms with van der Waals surface area (Å²) in [7, 11) is 0. The molecule has 2 saturated carbocycles. The summed E-state index contributed by atoms with van der Waals surface area (Å²) in [4.78, 5) is 36.4. The van der Waals surface area contributed by atoms with Crippen LogP contribution in [0.25, 0.3) is 11.3 Å². The first-order chi connectivity index (χ1) is 14.9. The van der Waals surface area contributed by atoms with Crippen molar-refractivity contribution in [2.75, 3.05) is 0 Å². The smallest absolute Gasteiger partial charge is 0.288 e. The van der Waals surface area contributed by atoms with Crippen LogP contribution < -0.4 is 0 Å². The van der Waals surface area contributed by atoms with Gasteiger partial charge < -0.3 is 4.42 Å². The summed E-state index contributed by atoms with van der Waals surface area (Å²) in [6.07, 6.45) is 7.73. The van der Waals surface area contributed by atoms with E-state index in [1.807, 2.05) is 0 Å². The van der Waals surface area contributed by atoms with E-state index in [4.69, 9.17) is 16.0 Å². The predicted octanol–water partition coefficient (Wildman–Crippen LogP) is 4.04. The molecule has 156 valence electrons. The van der Waals surface area contributed by atoms with Crippen LogP contribution in [-0.2, 0) is 9.59 Å². The lowest BCUT2D eigenvalue weighted by atomic mass is 9.85. The van der Waals surface area contributed by atoms with Gasteiger partial charge in [0.25, 0.3) is 17.5 Å². The number of carbonyl (C=O) groups is 2. The van der Waals surface area contributed by atoms with Gasteiger partial charge in [0.2, 0.25) is 0 Å². The van der Waals surface area contributed by atoms with Crippen molar-refractivity contribution in [1.82, 2.24) is 5.01 Å². The molecule has 2 amide bonds. The maximum atomic E-state index is 12.9. The van der Waals surface area contributed by atoms with Crippen molar-refractivity contribution in [2.45, 2.75) is 12.8 Å². The van der Waals surface area contributed by atoms with Crippen molar-refractivity contribution < 1.29 is 18.9 Å². The Morgan fingerprint density at radius 3 is 2.42 bits per heavy atom. The fourth-order valence-corrected chi connectivity index (χ4v) is 5.86. The van der Waals surface area contributed by atoms with Gasteiger partial charge in [0.15, 0.2) is 0 Å². The summed E-state index contributed by atoms with van der Waals surface area (Å²) in [5.41, 5.74) is 0.409. The minimum atomic E-state index is -0.563. The van der Waals surface area contributed by atoms with E-state index < -0.39 is 4.92 Å². The van der Waals surface area contributed by atoms with E-state index in [0.29, 0.717) is 17.1 Å². The van der Waals surface area contributed by atoms with Crippen molar-refractivity contribution in [1.29, 1.82) is 0 Å². The van der Waals surface area contributed by atoms with Crippen molar-refractivity contribution in [3.05, 3.63) is 63.4 Å². The van der Waals surface area contributed by atoms with E-state index >= 15 is 0 Å². The molecule has 8 nitrogen and oxygen atoms in total. The molecule has 0 N–H and O–H groups in total. The summed E-state index contributed by atoms with van der Waals surface area (Å²) in [5, 5.41) is 16.2. The van der Waals surface area contributed by atoms with Gasteiger partial charge in [-0.3, -0.25) is 19.7 Å². The Morgan fingerprint density at radius 1 is 1.13 bits per heavy atom. The molecule has 1 aliphatic heterocycles. The maximum absolute atomic E-state index is 12.9. The Morgan fingerprint density at radius 2 is 1.81 bits per heavy atom. The number of furan rings is 1. The zero-order valence-corrected chi connectivity index (χ0v) is 16.9. The van der Waals surface area contributed by atoms with Crippen LogP contribution in [0, 0.1) is 39.2 Å². The molecule has 3 aliphatic carbocycles. The molecule has 1 spiro atoms. The number of hydrogen-bond acceptors (Lipinski definition) is 6. The molecule has 2 heterocycles. The summed E-state index contributed by atoms with van der Waals surface area (Å²) in [6.45, 7) is 0. The first kappa shape index (κ1) is 18.5. The number of allylic oxidation sites excluding steroid dienone is 2. The first-order valence-electron chi connectivity index (χ1n) is 10.0. The Hall–Kier alpha value is -3.26. The van der Waals surface area contributed by atoms with Gasteiger partial charge in [0.1, 0.15) is 16.5 Å². The Balaban J connectivity index is 1.23. The summed E-state index contributed by atoms with van der Waals surface area (Å²) in [5.74, 6) is -0.0814. The lowest BCUT2D eigenvalue weighted by Crippen LogP contribution is -2.30. The largest absolute Gasteiger partial charge is 0.455 e. The molecule has 1 saturated heterocycles. The number of nitro groups is 1. The van der Waals surface area contributed by atoms with Crippen LogP contribution in [0.5, 0.6) is 0 Å². The van der Waals surface area contributed by atoms with Gasteiger partial charge in [0.05, 0.1) is 23.0 Å². The maximum Gasteiger partial charge on any atom is 0.288 e. The highest BCUT2D eigenvalue weighted by atomic mass is 35.5. The van der Waals surface area contributed by atoms with Crippen LogP contribution in [0.4, 0.5) is 5.69 Å². The van der Waals surface area contributed by atoms with Gasteiger partial charge in [-0.25, -0.2) is 0 Å². The minimum absolute atomic E-state index is 0.0372. The van der Waals surface area contributed by atoms with Gasteiger partial charge in [0, 0.05) is 11.6 Å². The Bertz CT molecular complexity index is 1190. The number of fused-ring (bicyclic) bond motifs is 3. The first-order valence-corrected chi connectivity index (χ1v) is 10.4. The molecule has 31 heavy (non-hydrogen) atoms. The third-order valence-electron chi connectivity index (χ3n) is 7.18. The van der Waals surface area contributed by atoms with Crippen molar-refractivity contribution >= 4 is 35.3 Å². The van der Waals surface area contributed by atoms with Crippen molar-refractivity contribution in [2.24, 2.45) is 34.2 Å².